The minimum Gasteiger partial charge on any atom is -0.494 e. The van der Waals surface area contributed by atoms with Crippen LogP contribution in [-0.2, 0) is 13.1 Å². The van der Waals surface area contributed by atoms with Crippen molar-refractivity contribution in [3.05, 3.63) is 65.1 Å². The van der Waals surface area contributed by atoms with Crippen molar-refractivity contribution in [1.29, 1.82) is 0 Å². The molecule has 5 heterocycles. The normalized spacial score (nSPS) is 25.8. The van der Waals surface area contributed by atoms with E-state index in [9.17, 15) is 4.79 Å². The number of carbonyl (C=O) groups is 1. The Labute approximate surface area is 290 Å². The fourth-order valence-corrected chi connectivity index (χ4v) is 9.79. The molecular weight excluding hydrogens is 634 g/mol. The van der Waals surface area contributed by atoms with Gasteiger partial charge in [0.05, 0.1) is 23.8 Å². The van der Waals surface area contributed by atoms with Gasteiger partial charge in [0, 0.05) is 72.8 Å². The molecule has 6 fully saturated rings. The molecule has 1 amide bonds. The number of carbonyl (C=O) groups excluding carboxylic acids is 1. The Kier molecular flexibility index (Phi) is 6.12. The number of methoxy groups -OCH3 is 1. The summed E-state index contributed by atoms with van der Waals surface area (Å²) in [5.74, 6) is 7.64. The number of aromatic nitrogens is 5. The molecule has 4 aliphatic carbocycles. The minimum absolute atomic E-state index is 0.122. The van der Waals surface area contributed by atoms with E-state index in [1.807, 2.05) is 30.5 Å². The third kappa shape index (κ3) is 4.50. The maximum absolute atomic E-state index is 14.1. The molecule has 2 aliphatic heterocycles. The molecule has 49 heavy (non-hydrogen) atoms. The van der Waals surface area contributed by atoms with E-state index in [0.717, 1.165) is 101 Å². The zero-order chi connectivity index (χ0) is 32.5. The Morgan fingerprint density at radius 1 is 0.918 bits per heavy atom. The quantitative estimate of drug-likeness (QED) is 0.167. The van der Waals surface area contributed by atoms with Crippen molar-refractivity contribution in [3.8, 4) is 17.3 Å². The molecule has 3 aromatic heterocycles. The fourth-order valence-electron chi connectivity index (χ4n) is 9.62. The lowest BCUT2D eigenvalue weighted by atomic mass is 9.53. The summed E-state index contributed by atoms with van der Waals surface area (Å²) in [5, 5.41) is 1.90. The lowest BCUT2D eigenvalue weighted by Gasteiger charge is -2.52. The number of anilines is 1. The Morgan fingerprint density at radius 2 is 1.78 bits per heavy atom. The molecule has 2 saturated heterocycles. The Bertz CT molecular complexity index is 2180. The number of benzene rings is 2. The molecule has 250 valence electrons. The van der Waals surface area contributed by atoms with E-state index < -0.39 is 0 Å². The molecular formula is C39H40ClN7O2. The third-order valence-electron chi connectivity index (χ3n) is 12.6. The predicted octanol–water partition coefficient (Wildman–Crippen LogP) is 7.01. The molecule has 0 spiro atoms. The second kappa shape index (κ2) is 10.5. The molecule has 4 atom stereocenters. The monoisotopic (exact) mass is 673 g/mol. The zero-order valence-electron chi connectivity index (χ0n) is 27.8. The van der Waals surface area contributed by atoms with E-state index in [0.29, 0.717) is 41.0 Å². The van der Waals surface area contributed by atoms with Crippen LogP contribution < -0.4 is 9.64 Å². The highest BCUT2D eigenvalue weighted by Crippen LogP contribution is 2.61. The second-order valence-corrected chi connectivity index (χ2v) is 16.2. The van der Waals surface area contributed by atoms with Crippen molar-refractivity contribution >= 4 is 45.3 Å². The molecule has 10 heteroatoms. The van der Waals surface area contributed by atoms with Crippen molar-refractivity contribution in [1.82, 2.24) is 29.0 Å². The Hall–Kier alpha value is -4.11. The molecule has 5 aromatic rings. The zero-order valence-corrected chi connectivity index (χ0v) is 28.5. The van der Waals surface area contributed by atoms with Gasteiger partial charge in [-0.25, -0.2) is 15.0 Å². The standard InChI is InChI=1S/C39H40ClN7O2/c1-49-33-14-26(39(48)46-20-27-10-25-13-31(46)35(25)27)11-29-36(33)47(19-22-16-44(17-22)34-8-9-41-37(43-34)23-4-5-23)38(42-29)32-12-24-6-7-28(40)15-30(24)45(32)18-21-2-3-21/h6-9,11-12,14-15,21-23,25,27,31,35H,2-5,10,13,16-20H2,1H3/t25?,27?,31?,35-/m1/s1. The van der Waals surface area contributed by atoms with Crippen LogP contribution in [0.5, 0.6) is 5.75 Å². The van der Waals surface area contributed by atoms with Crippen LogP contribution >= 0.6 is 11.6 Å². The number of ether oxygens (including phenoxy) is 1. The summed E-state index contributed by atoms with van der Waals surface area (Å²) >= 11 is 6.56. The van der Waals surface area contributed by atoms with Gasteiger partial charge in [-0.1, -0.05) is 17.7 Å². The third-order valence-corrected chi connectivity index (χ3v) is 12.8. The van der Waals surface area contributed by atoms with Crippen molar-refractivity contribution in [2.45, 2.75) is 63.6 Å². The van der Waals surface area contributed by atoms with Gasteiger partial charge >= 0.3 is 0 Å². The van der Waals surface area contributed by atoms with Crippen LogP contribution in [0.2, 0.25) is 5.02 Å². The summed E-state index contributed by atoms with van der Waals surface area (Å²) in [4.78, 5) is 33.4. The summed E-state index contributed by atoms with van der Waals surface area (Å²) in [6, 6.07) is 14.9. The molecule has 11 rings (SSSR count). The van der Waals surface area contributed by atoms with Gasteiger partial charge in [-0.2, -0.15) is 0 Å². The number of likely N-dealkylation sites (tertiary alicyclic amines) is 1. The first-order valence-corrected chi connectivity index (χ1v) is 18.6. The molecule has 3 unspecified atom stereocenters. The number of halogens is 1. The van der Waals surface area contributed by atoms with E-state index >= 15 is 0 Å². The van der Waals surface area contributed by atoms with Gasteiger partial charge in [-0.15, -0.1) is 0 Å². The van der Waals surface area contributed by atoms with Crippen LogP contribution in [0, 0.1) is 29.6 Å². The summed E-state index contributed by atoms with van der Waals surface area (Å²) < 4.78 is 10.9. The van der Waals surface area contributed by atoms with Crippen LogP contribution in [0.25, 0.3) is 33.5 Å². The number of fused-ring (bicyclic) bond motifs is 2. The lowest BCUT2D eigenvalue weighted by molar-refractivity contribution is -0.0204. The summed E-state index contributed by atoms with van der Waals surface area (Å²) in [5.41, 5.74) is 4.68. The number of amides is 1. The number of rotatable bonds is 9. The molecule has 6 aliphatic rings. The molecule has 0 bridgehead atoms. The summed E-state index contributed by atoms with van der Waals surface area (Å²) in [7, 11) is 1.72. The van der Waals surface area contributed by atoms with Crippen LogP contribution in [0.1, 0.15) is 60.6 Å². The second-order valence-electron chi connectivity index (χ2n) is 15.8. The average Bonchev–Trinajstić information content (AvgIpc) is 4.01. The largest absolute Gasteiger partial charge is 0.494 e. The van der Waals surface area contributed by atoms with Crippen LogP contribution in [-0.4, -0.2) is 67.7 Å². The summed E-state index contributed by atoms with van der Waals surface area (Å²) in [6.45, 7) is 4.45. The first-order chi connectivity index (χ1) is 24.0. The maximum Gasteiger partial charge on any atom is 0.254 e. The Morgan fingerprint density at radius 3 is 2.55 bits per heavy atom. The minimum atomic E-state index is 0.122. The molecule has 2 aromatic carbocycles. The highest BCUT2D eigenvalue weighted by atomic mass is 35.5. The van der Waals surface area contributed by atoms with E-state index in [4.69, 9.17) is 26.3 Å². The van der Waals surface area contributed by atoms with Gasteiger partial charge in [0.25, 0.3) is 5.91 Å². The first kappa shape index (κ1) is 28.7. The van der Waals surface area contributed by atoms with Gasteiger partial charge in [0.15, 0.2) is 5.82 Å². The number of hydrogen-bond acceptors (Lipinski definition) is 6. The maximum atomic E-state index is 14.1. The number of imidazole rings is 1. The molecule has 0 radical (unpaired) electrons. The average molecular weight is 674 g/mol. The van der Waals surface area contributed by atoms with E-state index in [2.05, 4.69) is 42.1 Å². The topological polar surface area (TPSA) is 81.3 Å². The van der Waals surface area contributed by atoms with Crippen LogP contribution in [0.4, 0.5) is 5.82 Å². The molecule has 4 saturated carbocycles. The SMILES string of the molecule is COc1cc(C(=O)N2CC3CC4CC2[C@H]43)cc2nc(-c3cc4ccc(Cl)cc4n3CC3CC3)n(CC3CN(c4ccnc(C5CC5)n4)C3)c12. The van der Waals surface area contributed by atoms with Crippen molar-refractivity contribution in [2.75, 3.05) is 31.6 Å². The number of nitrogens with zero attached hydrogens (tertiary/aromatic N) is 7. The highest BCUT2D eigenvalue weighted by molar-refractivity contribution is 6.31. The number of hydrogen-bond donors (Lipinski definition) is 0. The van der Waals surface area contributed by atoms with Gasteiger partial charge in [-0.05, 0) is 98.6 Å². The Balaban J connectivity index is 0.998. The summed E-state index contributed by atoms with van der Waals surface area (Å²) in [6.07, 6.45) is 9.25. The van der Waals surface area contributed by atoms with Crippen molar-refractivity contribution < 1.29 is 9.53 Å². The lowest BCUT2D eigenvalue weighted by Crippen LogP contribution is -2.53. The van der Waals surface area contributed by atoms with E-state index in [-0.39, 0.29) is 5.91 Å². The van der Waals surface area contributed by atoms with Crippen LogP contribution in [0.3, 0.4) is 0 Å². The first-order valence-electron chi connectivity index (χ1n) is 18.3. The fraction of sp³-hybridized carbons (Fsp3) is 0.487. The van der Waals surface area contributed by atoms with E-state index in [1.165, 1.54) is 32.1 Å². The van der Waals surface area contributed by atoms with Gasteiger partial charge < -0.3 is 23.7 Å². The van der Waals surface area contributed by atoms with Gasteiger partial charge in [-0.3, -0.25) is 4.79 Å². The van der Waals surface area contributed by atoms with Gasteiger partial charge in [0.1, 0.15) is 22.9 Å². The van der Waals surface area contributed by atoms with Crippen molar-refractivity contribution in [3.63, 3.8) is 0 Å². The van der Waals surface area contributed by atoms with Crippen LogP contribution in [0.15, 0.2) is 48.7 Å². The smallest absolute Gasteiger partial charge is 0.254 e. The molecule has 9 nitrogen and oxygen atoms in total. The van der Waals surface area contributed by atoms with Crippen molar-refractivity contribution in [2.24, 2.45) is 29.6 Å². The molecule has 0 N–H and O–H groups in total. The predicted molar refractivity (Wildman–Crippen MR) is 189 cm³/mol. The van der Waals surface area contributed by atoms with Gasteiger partial charge in [0.2, 0.25) is 0 Å². The van der Waals surface area contributed by atoms with E-state index in [1.54, 1.807) is 7.11 Å². The highest BCUT2D eigenvalue weighted by Gasteiger charge is 2.61.